The predicted octanol–water partition coefficient (Wildman–Crippen LogP) is 2.58. The maximum Gasteiger partial charge on any atom is 0.321 e. The molecule has 0 bridgehead atoms. The van der Waals surface area contributed by atoms with Gasteiger partial charge in [-0.2, -0.15) is 0 Å². The van der Waals surface area contributed by atoms with E-state index in [2.05, 4.69) is 5.32 Å². The molecule has 2 N–H and O–H groups in total. The number of hydrogen-bond donors (Lipinski definition) is 2. The second-order valence-corrected chi connectivity index (χ2v) is 5.06. The second kappa shape index (κ2) is 6.41. The molecule has 1 atom stereocenters. The van der Waals surface area contributed by atoms with Crippen molar-refractivity contribution in [3.63, 3.8) is 0 Å². The molecule has 1 unspecified atom stereocenters. The number of carboxylic acids is 1. The Hall–Kier alpha value is -2.04. The number of aryl methyl sites for hydroxylation is 1. The molecule has 5 nitrogen and oxygen atoms in total. The number of hydrogen-bond acceptors (Lipinski definition) is 2. The highest BCUT2D eigenvalue weighted by Crippen LogP contribution is 2.20. The fraction of sp³-hybridized carbons (Fsp3) is 0.467. The van der Waals surface area contributed by atoms with Crippen LogP contribution in [0.5, 0.6) is 0 Å². The van der Waals surface area contributed by atoms with Gasteiger partial charge in [0.05, 0.1) is 5.92 Å². The summed E-state index contributed by atoms with van der Waals surface area (Å²) in [6, 6.07) is 7.46. The quantitative estimate of drug-likeness (QED) is 0.891. The molecule has 1 aromatic rings. The first-order chi connectivity index (χ1) is 9.61. The van der Waals surface area contributed by atoms with Gasteiger partial charge in [0.15, 0.2) is 0 Å². The number of rotatable bonds is 3. The molecular weight excluding hydrogens is 256 g/mol. The lowest BCUT2D eigenvalue weighted by molar-refractivity contribution is -0.143. The largest absolute Gasteiger partial charge is 0.481 e. The Morgan fingerprint density at radius 2 is 2.15 bits per heavy atom. The number of carbonyl (C=O) groups excluding carboxylic acids is 1. The van der Waals surface area contributed by atoms with Gasteiger partial charge in [-0.1, -0.05) is 25.1 Å². The zero-order valence-corrected chi connectivity index (χ0v) is 11.6. The fourth-order valence-electron chi connectivity index (χ4n) is 2.51. The third-order valence-corrected chi connectivity index (χ3v) is 3.70. The number of urea groups is 1. The number of para-hydroxylation sites is 1. The highest BCUT2D eigenvalue weighted by atomic mass is 16.4. The van der Waals surface area contributed by atoms with Crippen LogP contribution in [0.2, 0.25) is 0 Å². The van der Waals surface area contributed by atoms with Gasteiger partial charge in [0, 0.05) is 18.8 Å². The Morgan fingerprint density at radius 1 is 1.40 bits per heavy atom. The Bertz CT molecular complexity index is 502. The van der Waals surface area contributed by atoms with E-state index in [1.807, 2.05) is 31.2 Å². The van der Waals surface area contributed by atoms with Crippen LogP contribution in [0.1, 0.15) is 25.3 Å². The topological polar surface area (TPSA) is 69.6 Å². The van der Waals surface area contributed by atoms with E-state index in [4.69, 9.17) is 5.11 Å². The molecule has 0 aromatic heterocycles. The van der Waals surface area contributed by atoms with Crippen molar-refractivity contribution in [2.45, 2.75) is 26.2 Å². The van der Waals surface area contributed by atoms with Crippen molar-refractivity contribution in [3.05, 3.63) is 29.8 Å². The van der Waals surface area contributed by atoms with Gasteiger partial charge >= 0.3 is 12.0 Å². The van der Waals surface area contributed by atoms with Gasteiger partial charge in [-0.15, -0.1) is 0 Å². The van der Waals surface area contributed by atoms with Gasteiger partial charge in [0.2, 0.25) is 0 Å². The predicted molar refractivity (Wildman–Crippen MR) is 76.8 cm³/mol. The third kappa shape index (κ3) is 3.29. The maximum absolute atomic E-state index is 12.2. The number of aliphatic carboxylic acids is 1. The van der Waals surface area contributed by atoms with Crippen LogP contribution in [-0.4, -0.2) is 35.1 Å². The number of carbonyl (C=O) groups is 2. The first-order valence-electron chi connectivity index (χ1n) is 6.98. The normalized spacial score (nSPS) is 18.6. The summed E-state index contributed by atoms with van der Waals surface area (Å²) in [5.74, 6) is -1.27. The maximum atomic E-state index is 12.2. The number of benzene rings is 1. The third-order valence-electron chi connectivity index (χ3n) is 3.70. The van der Waals surface area contributed by atoms with E-state index in [-0.39, 0.29) is 12.6 Å². The first-order valence-corrected chi connectivity index (χ1v) is 6.98. The van der Waals surface area contributed by atoms with Crippen molar-refractivity contribution in [2.24, 2.45) is 5.92 Å². The average Bonchev–Trinajstić information content (AvgIpc) is 2.48. The Morgan fingerprint density at radius 3 is 2.85 bits per heavy atom. The number of nitrogens with zero attached hydrogens (tertiary/aromatic N) is 1. The van der Waals surface area contributed by atoms with E-state index < -0.39 is 11.9 Å². The minimum atomic E-state index is -0.823. The Labute approximate surface area is 118 Å². The van der Waals surface area contributed by atoms with Crippen LogP contribution in [0.15, 0.2) is 24.3 Å². The molecule has 0 radical (unpaired) electrons. The minimum absolute atomic E-state index is 0.211. The molecule has 1 saturated heterocycles. The molecule has 5 heteroatoms. The Balaban J connectivity index is 2.02. The summed E-state index contributed by atoms with van der Waals surface area (Å²) in [6.45, 7) is 2.94. The van der Waals surface area contributed by atoms with Crippen LogP contribution in [0.3, 0.4) is 0 Å². The summed E-state index contributed by atoms with van der Waals surface area (Å²) < 4.78 is 0. The lowest BCUT2D eigenvalue weighted by Gasteiger charge is -2.31. The number of likely N-dealkylation sites (tertiary alicyclic amines) is 1. The molecule has 1 aliphatic heterocycles. The van der Waals surface area contributed by atoms with E-state index in [1.165, 1.54) is 0 Å². The standard InChI is InChI=1S/C15H20N2O3/c1-2-11-6-3-4-8-13(11)16-15(20)17-9-5-7-12(10-17)14(18)19/h3-4,6,8,12H,2,5,7,9-10H2,1H3,(H,16,20)(H,18,19). The van der Waals surface area contributed by atoms with Crippen LogP contribution in [0.4, 0.5) is 10.5 Å². The molecule has 1 heterocycles. The van der Waals surface area contributed by atoms with Gasteiger partial charge in [-0.25, -0.2) is 4.79 Å². The van der Waals surface area contributed by atoms with Gasteiger partial charge < -0.3 is 15.3 Å². The zero-order chi connectivity index (χ0) is 14.5. The van der Waals surface area contributed by atoms with E-state index in [1.54, 1.807) is 4.90 Å². The molecule has 2 amide bonds. The molecule has 2 rings (SSSR count). The van der Waals surface area contributed by atoms with Crippen molar-refractivity contribution in [2.75, 3.05) is 18.4 Å². The van der Waals surface area contributed by atoms with E-state index >= 15 is 0 Å². The summed E-state index contributed by atoms with van der Waals surface area (Å²) in [5.41, 5.74) is 1.88. The number of piperidine rings is 1. The van der Waals surface area contributed by atoms with Crippen LogP contribution < -0.4 is 5.32 Å². The number of amides is 2. The monoisotopic (exact) mass is 276 g/mol. The average molecular weight is 276 g/mol. The van der Waals surface area contributed by atoms with Crippen LogP contribution in [0.25, 0.3) is 0 Å². The summed E-state index contributed by atoms with van der Waals surface area (Å²) in [7, 11) is 0. The van der Waals surface area contributed by atoms with Crippen LogP contribution in [-0.2, 0) is 11.2 Å². The lowest BCUT2D eigenvalue weighted by Crippen LogP contribution is -2.44. The number of nitrogens with one attached hydrogen (secondary N) is 1. The molecule has 1 aromatic carbocycles. The highest BCUT2D eigenvalue weighted by Gasteiger charge is 2.28. The summed E-state index contributed by atoms with van der Waals surface area (Å²) >= 11 is 0. The Kier molecular flexibility index (Phi) is 4.61. The van der Waals surface area contributed by atoms with E-state index in [0.717, 1.165) is 24.1 Å². The first kappa shape index (κ1) is 14.4. The fourth-order valence-corrected chi connectivity index (χ4v) is 2.51. The molecule has 1 aliphatic rings. The molecule has 0 saturated carbocycles. The minimum Gasteiger partial charge on any atom is -0.481 e. The summed E-state index contributed by atoms with van der Waals surface area (Å²) in [5, 5.41) is 11.9. The summed E-state index contributed by atoms with van der Waals surface area (Å²) in [4.78, 5) is 24.8. The van der Waals surface area contributed by atoms with Crippen molar-refractivity contribution < 1.29 is 14.7 Å². The van der Waals surface area contributed by atoms with E-state index in [0.29, 0.717) is 13.0 Å². The van der Waals surface area contributed by atoms with Gasteiger partial charge in [0.1, 0.15) is 0 Å². The molecule has 0 aliphatic carbocycles. The molecule has 1 fully saturated rings. The van der Waals surface area contributed by atoms with Crippen molar-refractivity contribution in [3.8, 4) is 0 Å². The number of anilines is 1. The van der Waals surface area contributed by atoms with Gasteiger partial charge in [0.25, 0.3) is 0 Å². The van der Waals surface area contributed by atoms with Crippen molar-refractivity contribution >= 4 is 17.7 Å². The van der Waals surface area contributed by atoms with Crippen LogP contribution in [0, 0.1) is 5.92 Å². The smallest absolute Gasteiger partial charge is 0.321 e. The molecule has 108 valence electrons. The van der Waals surface area contributed by atoms with Gasteiger partial charge in [-0.05, 0) is 30.9 Å². The summed E-state index contributed by atoms with van der Waals surface area (Å²) in [6.07, 6.45) is 2.22. The van der Waals surface area contributed by atoms with E-state index in [9.17, 15) is 9.59 Å². The zero-order valence-electron chi connectivity index (χ0n) is 11.6. The second-order valence-electron chi connectivity index (χ2n) is 5.06. The SMILES string of the molecule is CCc1ccccc1NC(=O)N1CCCC(C(=O)O)C1. The van der Waals surface area contributed by atoms with Gasteiger partial charge in [-0.3, -0.25) is 4.79 Å². The van der Waals surface area contributed by atoms with Crippen LogP contribution >= 0.6 is 0 Å². The number of carboxylic acid groups (broad SMARTS) is 1. The molecule has 0 spiro atoms. The molecular formula is C15H20N2O3. The highest BCUT2D eigenvalue weighted by molar-refractivity contribution is 5.90. The molecule has 20 heavy (non-hydrogen) atoms. The lowest BCUT2D eigenvalue weighted by atomic mass is 9.99. The van der Waals surface area contributed by atoms with Crippen molar-refractivity contribution in [1.29, 1.82) is 0 Å². The van der Waals surface area contributed by atoms with Crippen molar-refractivity contribution in [1.82, 2.24) is 4.90 Å².